The fraction of sp³-hybridized carbons (Fsp3) is 0.318. The van der Waals surface area contributed by atoms with Crippen molar-refractivity contribution in [2.24, 2.45) is 0 Å². The van der Waals surface area contributed by atoms with E-state index in [2.05, 4.69) is 29.4 Å². The van der Waals surface area contributed by atoms with E-state index in [1.165, 1.54) is 22.9 Å². The standard InChI is InChI=1S/C22H23FN2O/c1-14-4-2-3-5-15(14)6-11-22(26)24-17-8-10-21-19(13-17)18-12-16(23)7-9-20(18)25-21/h2-5,7,9,12,17,25H,6,8,10-11,13H2,1H3,(H,24,26). The fourth-order valence-electron chi connectivity index (χ4n) is 3.95. The Morgan fingerprint density at radius 2 is 2.12 bits per heavy atom. The third kappa shape index (κ3) is 3.36. The number of aromatic amines is 1. The Morgan fingerprint density at radius 3 is 2.96 bits per heavy atom. The highest BCUT2D eigenvalue weighted by molar-refractivity contribution is 5.85. The number of carbonyl (C=O) groups is 1. The van der Waals surface area contributed by atoms with E-state index in [1.807, 2.05) is 12.1 Å². The third-order valence-electron chi connectivity index (χ3n) is 5.40. The van der Waals surface area contributed by atoms with Crippen molar-refractivity contribution in [2.75, 3.05) is 0 Å². The molecule has 1 atom stereocenters. The zero-order valence-electron chi connectivity index (χ0n) is 14.9. The lowest BCUT2D eigenvalue weighted by Gasteiger charge is -2.23. The van der Waals surface area contributed by atoms with E-state index in [9.17, 15) is 9.18 Å². The Morgan fingerprint density at radius 1 is 1.27 bits per heavy atom. The number of rotatable bonds is 4. The molecule has 0 fully saturated rings. The smallest absolute Gasteiger partial charge is 0.220 e. The Bertz CT molecular complexity index is 960. The maximum Gasteiger partial charge on any atom is 0.220 e. The number of carbonyl (C=O) groups excluding carboxylic acids is 1. The van der Waals surface area contributed by atoms with Gasteiger partial charge in [0.15, 0.2) is 0 Å². The van der Waals surface area contributed by atoms with Crippen molar-refractivity contribution in [3.05, 3.63) is 70.7 Å². The van der Waals surface area contributed by atoms with Crippen LogP contribution >= 0.6 is 0 Å². The van der Waals surface area contributed by atoms with Gasteiger partial charge in [-0.1, -0.05) is 24.3 Å². The van der Waals surface area contributed by atoms with Crippen LogP contribution in [0.3, 0.4) is 0 Å². The number of aryl methyl sites for hydroxylation is 3. The molecule has 1 unspecified atom stereocenters. The number of H-pyrrole nitrogens is 1. The van der Waals surface area contributed by atoms with Crippen molar-refractivity contribution in [3.8, 4) is 0 Å². The van der Waals surface area contributed by atoms with Crippen molar-refractivity contribution < 1.29 is 9.18 Å². The van der Waals surface area contributed by atoms with E-state index >= 15 is 0 Å². The molecule has 0 saturated heterocycles. The van der Waals surface area contributed by atoms with Gasteiger partial charge in [0.1, 0.15) is 5.82 Å². The molecule has 1 heterocycles. The maximum atomic E-state index is 13.6. The van der Waals surface area contributed by atoms with Crippen LogP contribution in [0.15, 0.2) is 42.5 Å². The molecule has 3 nitrogen and oxygen atoms in total. The molecule has 134 valence electrons. The van der Waals surface area contributed by atoms with Crippen molar-refractivity contribution >= 4 is 16.8 Å². The van der Waals surface area contributed by atoms with Crippen LogP contribution in [-0.4, -0.2) is 16.9 Å². The number of fused-ring (bicyclic) bond motifs is 3. The molecular weight excluding hydrogens is 327 g/mol. The molecule has 26 heavy (non-hydrogen) atoms. The Balaban J connectivity index is 1.41. The lowest BCUT2D eigenvalue weighted by molar-refractivity contribution is -0.121. The summed E-state index contributed by atoms with van der Waals surface area (Å²) < 4.78 is 13.6. The summed E-state index contributed by atoms with van der Waals surface area (Å²) in [5, 5.41) is 4.12. The average Bonchev–Trinajstić information content (AvgIpc) is 2.98. The second-order valence-electron chi connectivity index (χ2n) is 7.21. The predicted octanol–water partition coefficient (Wildman–Crippen LogP) is 4.22. The third-order valence-corrected chi connectivity index (χ3v) is 5.40. The molecule has 4 rings (SSSR count). The lowest BCUT2D eigenvalue weighted by Crippen LogP contribution is -2.38. The second kappa shape index (κ2) is 6.94. The number of benzene rings is 2. The summed E-state index contributed by atoms with van der Waals surface area (Å²) >= 11 is 0. The summed E-state index contributed by atoms with van der Waals surface area (Å²) in [7, 11) is 0. The molecule has 1 aliphatic rings. The normalized spacial score (nSPS) is 16.5. The van der Waals surface area contributed by atoms with Crippen molar-refractivity contribution in [3.63, 3.8) is 0 Å². The summed E-state index contributed by atoms with van der Waals surface area (Å²) in [6, 6.07) is 13.2. The van der Waals surface area contributed by atoms with Gasteiger partial charge < -0.3 is 10.3 Å². The van der Waals surface area contributed by atoms with Crippen LogP contribution in [0.5, 0.6) is 0 Å². The molecule has 0 spiro atoms. The molecule has 1 aliphatic carbocycles. The van der Waals surface area contributed by atoms with E-state index in [0.717, 1.165) is 42.1 Å². The van der Waals surface area contributed by atoms with E-state index in [-0.39, 0.29) is 17.8 Å². The van der Waals surface area contributed by atoms with Crippen molar-refractivity contribution in [1.82, 2.24) is 10.3 Å². The zero-order chi connectivity index (χ0) is 18.1. The molecule has 4 heteroatoms. The quantitative estimate of drug-likeness (QED) is 0.727. The molecule has 3 aromatic rings. The van der Waals surface area contributed by atoms with Crippen LogP contribution in [0.25, 0.3) is 10.9 Å². The van der Waals surface area contributed by atoms with Gasteiger partial charge in [-0.2, -0.15) is 0 Å². The number of hydrogen-bond acceptors (Lipinski definition) is 1. The first-order valence-electron chi connectivity index (χ1n) is 9.23. The summed E-state index contributed by atoms with van der Waals surface area (Å²) in [5.41, 5.74) is 5.75. The molecule has 2 aromatic carbocycles. The Kier molecular flexibility index (Phi) is 4.49. The maximum absolute atomic E-state index is 13.6. The zero-order valence-corrected chi connectivity index (χ0v) is 14.9. The first kappa shape index (κ1) is 16.8. The number of amides is 1. The first-order chi connectivity index (χ1) is 12.6. The Labute approximate surface area is 152 Å². The largest absolute Gasteiger partial charge is 0.358 e. The highest BCUT2D eigenvalue weighted by Crippen LogP contribution is 2.29. The minimum absolute atomic E-state index is 0.0905. The fourth-order valence-corrected chi connectivity index (χ4v) is 3.95. The van der Waals surface area contributed by atoms with Gasteiger partial charge in [0.25, 0.3) is 0 Å². The monoisotopic (exact) mass is 350 g/mol. The average molecular weight is 350 g/mol. The molecule has 2 N–H and O–H groups in total. The molecule has 0 bridgehead atoms. The van der Waals surface area contributed by atoms with E-state index in [1.54, 1.807) is 12.1 Å². The number of hydrogen-bond donors (Lipinski definition) is 2. The molecule has 0 saturated carbocycles. The van der Waals surface area contributed by atoms with Gasteiger partial charge in [-0.05, 0) is 67.5 Å². The van der Waals surface area contributed by atoms with Crippen LogP contribution in [0.2, 0.25) is 0 Å². The van der Waals surface area contributed by atoms with Gasteiger partial charge in [0.2, 0.25) is 5.91 Å². The molecule has 1 amide bonds. The number of aromatic nitrogens is 1. The highest BCUT2D eigenvalue weighted by Gasteiger charge is 2.23. The number of halogens is 1. The lowest BCUT2D eigenvalue weighted by atomic mass is 9.91. The predicted molar refractivity (Wildman–Crippen MR) is 102 cm³/mol. The van der Waals surface area contributed by atoms with E-state index in [4.69, 9.17) is 0 Å². The van der Waals surface area contributed by atoms with Crippen molar-refractivity contribution in [2.45, 2.75) is 45.1 Å². The van der Waals surface area contributed by atoms with Gasteiger partial charge in [0, 0.05) is 29.1 Å². The summed E-state index contributed by atoms with van der Waals surface area (Å²) in [4.78, 5) is 15.8. The molecular formula is C22H23FN2O. The minimum Gasteiger partial charge on any atom is -0.358 e. The summed E-state index contributed by atoms with van der Waals surface area (Å²) in [6.45, 7) is 2.08. The van der Waals surface area contributed by atoms with Crippen LogP contribution in [0, 0.1) is 12.7 Å². The van der Waals surface area contributed by atoms with Gasteiger partial charge >= 0.3 is 0 Å². The van der Waals surface area contributed by atoms with E-state index in [0.29, 0.717) is 6.42 Å². The topological polar surface area (TPSA) is 44.9 Å². The van der Waals surface area contributed by atoms with Crippen molar-refractivity contribution in [1.29, 1.82) is 0 Å². The molecule has 0 radical (unpaired) electrons. The van der Waals surface area contributed by atoms with Gasteiger partial charge in [0.05, 0.1) is 0 Å². The van der Waals surface area contributed by atoms with Crippen LogP contribution < -0.4 is 5.32 Å². The number of nitrogens with one attached hydrogen (secondary N) is 2. The van der Waals surface area contributed by atoms with Crippen LogP contribution in [0.4, 0.5) is 4.39 Å². The highest BCUT2D eigenvalue weighted by atomic mass is 19.1. The second-order valence-corrected chi connectivity index (χ2v) is 7.21. The summed E-state index contributed by atoms with van der Waals surface area (Å²) in [6.07, 6.45) is 3.81. The first-order valence-corrected chi connectivity index (χ1v) is 9.23. The van der Waals surface area contributed by atoms with Crippen LogP contribution in [-0.2, 0) is 24.1 Å². The molecule has 1 aromatic heterocycles. The van der Waals surface area contributed by atoms with E-state index < -0.39 is 0 Å². The Hall–Kier alpha value is -2.62. The van der Waals surface area contributed by atoms with Gasteiger partial charge in [-0.15, -0.1) is 0 Å². The summed E-state index contributed by atoms with van der Waals surface area (Å²) in [5.74, 6) is -0.128. The molecule has 0 aliphatic heterocycles. The minimum atomic E-state index is -0.219. The van der Waals surface area contributed by atoms with Crippen LogP contribution in [0.1, 0.15) is 35.2 Å². The van der Waals surface area contributed by atoms with Gasteiger partial charge in [-0.3, -0.25) is 4.79 Å². The van der Waals surface area contributed by atoms with Gasteiger partial charge in [-0.25, -0.2) is 4.39 Å². The SMILES string of the molecule is Cc1ccccc1CCC(=O)NC1CCc2[nH]c3ccc(F)cc3c2C1.